The number of benzene rings is 1. The Kier molecular flexibility index (Phi) is 9.41. The van der Waals surface area contributed by atoms with Gasteiger partial charge in [0.25, 0.3) is 0 Å². The van der Waals surface area contributed by atoms with Crippen molar-refractivity contribution in [3.63, 3.8) is 0 Å². The molecule has 1 amide bonds. The molecule has 0 heterocycles. The van der Waals surface area contributed by atoms with Crippen molar-refractivity contribution in [3.8, 4) is 0 Å². The van der Waals surface area contributed by atoms with E-state index in [0.29, 0.717) is 18.7 Å². The molecule has 1 aromatic rings. The van der Waals surface area contributed by atoms with Crippen LogP contribution in [0.3, 0.4) is 0 Å². The highest BCUT2D eigenvalue weighted by Crippen LogP contribution is 2.15. The van der Waals surface area contributed by atoms with Crippen molar-refractivity contribution in [3.05, 3.63) is 47.5 Å². The lowest BCUT2D eigenvalue weighted by atomic mass is 10.1. The molecule has 5 nitrogen and oxygen atoms in total. The smallest absolute Gasteiger partial charge is 0.410 e. The topological polar surface area (TPSA) is 55.8 Å². The fourth-order valence-corrected chi connectivity index (χ4v) is 2.57. The lowest BCUT2D eigenvalue weighted by Crippen LogP contribution is -2.37. The molecule has 0 aliphatic heterocycles. The first kappa shape index (κ1) is 24.7. The monoisotopic (exact) mass is 403 g/mol. The van der Waals surface area contributed by atoms with Gasteiger partial charge in [-0.1, -0.05) is 36.4 Å². The molecule has 0 spiro atoms. The minimum Gasteiger partial charge on any atom is -0.457 e. The number of amides is 1. The highest BCUT2D eigenvalue weighted by atomic mass is 16.6. The van der Waals surface area contributed by atoms with E-state index in [4.69, 9.17) is 9.47 Å². The molecular formula is C24H37NO4. The number of hydrogen-bond acceptors (Lipinski definition) is 4. The van der Waals surface area contributed by atoms with E-state index in [1.807, 2.05) is 78.0 Å². The summed E-state index contributed by atoms with van der Waals surface area (Å²) in [7, 11) is 0. The van der Waals surface area contributed by atoms with Gasteiger partial charge < -0.3 is 14.4 Å². The molecule has 0 aliphatic rings. The van der Waals surface area contributed by atoms with E-state index in [1.165, 1.54) is 0 Å². The molecule has 0 saturated heterocycles. The normalized spacial score (nSPS) is 12.4. The van der Waals surface area contributed by atoms with E-state index in [9.17, 15) is 9.59 Å². The van der Waals surface area contributed by atoms with Gasteiger partial charge in [-0.2, -0.15) is 0 Å². The molecule has 0 aliphatic carbocycles. The predicted octanol–water partition coefficient (Wildman–Crippen LogP) is 5.88. The van der Waals surface area contributed by atoms with Crippen LogP contribution in [0.25, 0.3) is 0 Å². The van der Waals surface area contributed by atoms with Crippen molar-refractivity contribution >= 4 is 12.1 Å². The van der Waals surface area contributed by atoms with Crippen molar-refractivity contribution in [2.24, 2.45) is 0 Å². The minimum atomic E-state index is -0.528. The Labute approximate surface area is 176 Å². The molecule has 0 N–H and O–H groups in total. The number of allylic oxidation sites excluding steroid dienone is 1. The fraction of sp³-hybridized carbons (Fsp3) is 0.583. The zero-order valence-electron chi connectivity index (χ0n) is 19.1. The zero-order chi connectivity index (χ0) is 22.1. The summed E-state index contributed by atoms with van der Waals surface area (Å²) >= 11 is 0. The van der Waals surface area contributed by atoms with E-state index >= 15 is 0 Å². The van der Waals surface area contributed by atoms with E-state index in [1.54, 1.807) is 11.8 Å². The third-order valence-electron chi connectivity index (χ3n) is 3.92. The predicted molar refractivity (Wildman–Crippen MR) is 117 cm³/mol. The standard InChI is InChI=1S/C24H37NO4/c1-19(21(26)28-23(2,3)4)14-10-9-13-17-25(22(27)29-24(5,6)7)18-20-15-11-8-12-16-20/h8,11-12,14-16H,9-10,13,17-18H2,1-7H3/b19-14+. The Hall–Kier alpha value is -2.30. The lowest BCUT2D eigenvalue weighted by molar-refractivity contribution is -0.149. The highest BCUT2D eigenvalue weighted by molar-refractivity contribution is 5.87. The minimum absolute atomic E-state index is 0.281. The van der Waals surface area contributed by atoms with E-state index in [-0.39, 0.29) is 12.1 Å². The van der Waals surface area contributed by atoms with Gasteiger partial charge in [-0.15, -0.1) is 0 Å². The molecule has 1 rings (SSSR count). The number of esters is 1. The maximum Gasteiger partial charge on any atom is 0.410 e. The number of nitrogens with zero attached hydrogens (tertiary/aromatic N) is 1. The molecule has 0 unspecified atom stereocenters. The van der Waals surface area contributed by atoms with Crippen LogP contribution in [0.4, 0.5) is 4.79 Å². The number of carbonyl (C=O) groups is 2. The molecular weight excluding hydrogens is 366 g/mol. The van der Waals surface area contributed by atoms with Gasteiger partial charge in [0, 0.05) is 18.7 Å². The Morgan fingerprint density at radius 1 is 0.931 bits per heavy atom. The molecule has 162 valence electrons. The van der Waals surface area contributed by atoms with Crippen LogP contribution in [0.1, 0.15) is 73.3 Å². The molecule has 0 atom stereocenters. The Bertz CT molecular complexity index is 681. The van der Waals surface area contributed by atoms with Gasteiger partial charge in [0.05, 0.1) is 0 Å². The van der Waals surface area contributed by atoms with E-state index in [0.717, 1.165) is 24.8 Å². The average Bonchev–Trinajstić information content (AvgIpc) is 2.58. The molecule has 0 fully saturated rings. The summed E-state index contributed by atoms with van der Waals surface area (Å²) in [6.07, 6.45) is 4.06. The van der Waals surface area contributed by atoms with Crippen molar-refractivity contribution in [2.45, 2.75) is 85.5 Å². The summed E-state index contributed by atoms with van der Waals surface area (Å²) in [6, 6.07) is 9.90. The quantitative estimate of drug-likeness (QED) is 0.309. The Morgan fingerprint density at radius 2 is 1.52 bits per heavy atom. The lowest BCUT2D eigenvalue weighted by Gasteiger charge is -2.27. The second-order valence-corrected chi connectivity index (χ2v) is 9.27. The van der Waals surface area contributed by atoms with E-state index < -0.39 is 11.2 Å². The number of hydrogen-bond donors (Lipinski definition) is 0. The molecule has 0 bridgehead atoms. The Morgan fingerprint density at radius 3 is 2.07 bits per heavy atom. The molecule has 0 saturated carbocycles. The highest BCUT2D eigenvalue weighted by Gasteiger charge is 2.22. The van der Waals surface area contributed by atoms with Crippen LogP contribution < -0.4 is 0 Å². The summed E-state index contributed by atoms with van der Waals surface area (Å²) in [5, 5.41) is 0. The van der Waals surface area contributed by atoms with Crippen molar-refractivity contribution in [1.82, 2.24) is 4.90 Å². The maximum absolute atomic E-state index is 12.6. The van der Waals surface area contributed by atoms with Gasteiger partial charge in [-0.25, -0.2) is 9.59 Å². The van der Waals surface area contributed by atoms with Crippen molar-refractivity contribution < 1.29 is 19.1 Å². The Balaban J connectivity index is 2.58. The van der Waals surface area contributed by atoms with Gasteiger partial charge in [-0.3, -0.25) is 0 Å². The van der Waals surface area contributed by atoms with Gasteiger partial charge in [0.2, 0.25) is 0 Å². The SMILES string of the molecule is C/C(=C\CCCCN(Cc1ccccc1)C(=O)OC(C)(C)C)C(=O)OC(C)(C)C. The second-order valence-electron chi connectivity index (χ2n) is 9.27. The van der Waals surface area contributed by atoms with Gasteiger partial charge in [-0.05, 0) is 73.3 Å². The van der Waals surface area contributed by atoms with Crippen molar-refractivity contribution in [1.29, 1.82) is 0 Å². The van der Waals surface area contributed by atoms with Crippen LogP contribution in [-0.2, 0) is 20.8 Å². The van der Waals surface area contributed by atoms with Gasteiger partial charge in [0.1, 0.15) is 11.2 Å². The number of rotatable bonds is 8. The molecule has 0 aromatic heterocycles. The summed E-state index contributed by atoms with van der Waals surface area (Å²) in [5.41, 5.74) is 0.670. The van der Waals surface area contributed by atoms with Crippen LogP contribution in [-0.4, -0.2) is 34.7 Å². The number of ether oxygens (including phenoxy) is 2. The van der Waals surface area contributed by atoms with Crippen LogP contribution in [0, 0.1) is 0 Å². The largest absolute Gasteiger partial charge is 0.457 e. The van der Waals surface area contributed by atoms with E-state index in [2.05, 4.69) is 0 Å². The number of unbranched alkanes of at least 4 members (excludes halogenated alkanes) is 2. The molecule has 1 aromatic carbocycles. The molecule has 29 heavy (non-hydrogen) atoms. The van der Waals surface area contributed by atoms with Gasteiger partial charge >= 0.3 is 12.1 Å². The zero-order valence-corrected chi connectivity index (χ0v) is 19.1. The number of carbonyl (C=O) groups excluding carboxylic acids is 2. The van der Waals surface area contributed by atoms with Gasteiger partial charge in [0.15, 0.2) is 0 Å². The third-order valence-corrected chi connectivity index (χ3v) is 3.92. The van der Waals surface area contributed by atoms with Crippen molar-refractivity contribution in [2.75, 3.05) is 6.54 Å². The van der Waals surface area contributed by atoms with Crippen LogP contribution in [0.2, 0.25) is 0 Å². The summed E-state index contributed by atoms with van der Waals surface area (Å²) in [5.74, 6) is -0.281. The molecule has 5 heteroatoms. The average molecular weight is 404 g/mol. The third kappa shape index (κ3) is 11.3. The first-order valence-electron chi connectivity index (χ1n) is 10.3. The van der Waals surface area contributed by atoms with Crippen LogP contribution in [0.5, 0.6) is 0 Å². The van der Waals surface area contributed by atoms with Crippen LogP contribution >= 0.6 is 0 Å². The van der Waals surface area contributed by atoms with Crippen LogP contribution in [0.15, 0.2) is 42.0 Å². The summed E-state index contributed by atoms with van der Waals surface area (Å²) in [4.78, 5) is 26.3. The summed E-state index contributed by atoms with van der Waals surface area (Å²) < 4.78 is 10.9. The maximum atomic E-state index is 12.6. The fourth-order valence-electron chi connectivity index (χ4n) is 2.57. The second kappa shape index (κ2) is 11.0. The first-order chi connectivity index (χ1) is 13.4. The summed E-state index contributed by atoms with van der Waals surface area (Å²) in [6.45, 7) is 14.1. The molecule has 0 radical (unpaired) electrons. The first-order valence-corrected chi connectivity index (χ1v) is 10.3.